The van der Waals surface area contributed by atoms with E-state index in [9.17, 15) is 24.0 Å². The molecule has 0 aliphatic rings. The predicted octanol–water partition coefficient (Wildman–Crippen LogP) is 7.56. The van der Waals surface area contributed by atoms with E-state index in [-0.39, 0.29) is 30.5 Å². The van der Waals surface area contributed by atoms with Gasteiger partial charge < -0.3 is 23.7 Å². The molecule has 0 aromatic heterocycles. The van der Waals surface area contributed by atoms with Gasteiger partial charge in [-0.2, -0.15) is 0 Å². The minimum absolute atomic E-state index is 0.237. The molecule has 0 aromatic carbocycles. The van der Waals surface area contributed by atoms with Crippen molar-refractivity contribution in [3.8, 4) is 0 Å². The van der Waals surface area contributed by atoms with E-state index in [2.05, 4.69) is 60.6 Å². The van der Waals surface area contributed by atoms with Gasteiger partial charge in [0.2, 0.25) is 0 Å². The molecule has 45 heavy (non-hydrogen) atoms. The highest BCUT2D eigenvalue weighted by Crippen LogP contribution is 2.03. The van der Waals surface area contributed by atoms with Gasteiger partial charge >= 0.3 is 29.8 Å². The largest absolute Gasteiger partial charge is 0.463 e. The first-order chi connectivity index (χ1) is 21.3. The van der Waals surface area contributed by atoms with Gasteiger partial charge in [-0.05, 0) is 25.2 Å². The van der Waals surface area contributed by atoms with Gasteiger partial charge in [-0.25, -0.2) is 19.2 Å². The van der Waals surface area contributed by atoms with Crippen molar-refractivity contribution < 1.29 is 47.7 Å². The van der Waals surface area contributed by atoms with Gasteiger partial charge in [0.1, 0.15) is 6.61 Å². The Morgan fingerprint density at radius 3 is 1.53 bits per heavy atom. The maximum absolute atomic E-state index is 11.1. The van der Waals surface area contributed by atoms with Crippen LogP contribution in [0, 0.1) is 5.92 Å². The molecule has 0 atom stereocenters. The van der Waals surface area contributed by atoms with E-state index in [0.29, 0.717) is 37.7 Å². The summed E-state index contributed by atoms with van der Waals surface area (Å²) in [6, 6.07) is 0. The van der Waals surface area contributed by atoms with Crippen LogP contribution >= 0.6 is 0 Å². The molecule has 0 radical (unpaired) electrons. The monoisotopic (exact) mass is 638 g/mol. The minimum Gasteiger partial charge on any atom is -0.463 e. The molecule has 0 unspecified atom stereocenters. The van der Waals surface area contributed by atoms with Gasteiger partial charge in [0.15, 0.2) is 0 Å². The summed E-state index contributed by atoms with van der Waals surface area (Å²) in [5.74, 6) is -1.25. The summed E-state index contributed by atoms with van der Waals surface area (Å²) in [4.78, 5) is 51.7. The van der Waals surface area contributed by atoms with Crippen LogP contribution in [0.25, 0.3) is 0 Å². The van der Waals surface area contributed by atoms with Crippen LogP contribution in [0.3, 0.4) is 0 Å². The van der Waals surface area contributed by atoms with Crippen LogP contribution in [0.2, 0.25) is 0 Å². The number of hydrogen-bond donors (Lipinski definition) is 0. The van der Waals surface area contributed by atoms with E-state index in [1.807, 2.05) is 27.7 Å². The fraction of sp³-hybridized carbons (Fsp3) is 0.514. The molecular formula is C35H58O10. The fourth-order valence-corrected chi connectivity index (χ4v) is 1.94. The Balaban J connectivity index is -0.000000152. The molecule has 0 heterocycles. The number of carbonyl (C=O) groups is 5. The van der Waals surface area contributed by atoms with Gasteiger partial charge in [0.25, 0.3) is 0 Å². The number of unbranched alkanes of at least 4 members (excludes halogenated alkanes) is 4. The van der Waals surface area contributed by atoms with Crippen LogP contribution in [0.15, 0.2) is 75.6 Å². The molecule has 0 aliphatic carbocycles. The van der Waals surface area contributed by atoms with E-state index in [1.165, 1.54) is 38.0 Å². The molecule has 10 heteroatoms. The Hall–Kier alpha value is -4.21. The zero-order chi connectivity index (χ0) is 35.9. The average molecular weight is 639 g/mol. The molecule has 0 saturated heterocycles. The second-order valence-corrected chi connectivity index (χ2v) is 9.01. The smallest absolute Gasteiger partial charge is 0.333 e. The summed E-state index contributed by atoms with van der Waals surface area (Å²) in [7, 11) is 0. The van der Waals surface area contributed by atoms with Crippen molar-refractivity contribution in [2.45, 2.75) is 86.5 Å². The van der Waals surface area contributed by atoms with Crippen molar-refractivity contribution in [2.75, 3.05) is 26.4 Å². The molecule has 0 spiro atoms. The lowest BCUT2D eigenvalue weighted by molar-refractivity contribution is -0.140. The SMILES string of the molecule is C=C(CC)C(=O)OCCCCCC.C=CC(=O)OCC(C)C.C=CC(=O)OCCCC.C=CCOC(=O)C=C.C=COC(C)=O. The van der Waals surface area contributed by atoms with Crippen molar-refractivity contribution in [3.05, 3.63) is 75.6 Å². The van der Waals surface area contributed by atoms with Gasteiger partial charge in [-0.15, -0.1) is 0 Å². The lowest BCUT2D eigenvalue weighted by Gasteiger charge is -2.04. The molecular weight excluding hydrogens is 580 g/mol. The van der Waals surface area contributed by atoms with Crippen LogP contribution in [-0.2, 0) is 47.7 Å². The van der Waals surface area contributed by atoms with Gasteiger partial charge in [-0.3, -0.25) is 4.79 Å². The molecule has 0 fully saturated rings. The van der Waals surface area contributed by atoms with E-state index < -0.39 is 5.97 Å². The fourth-order valence-electron chi connectivity index (χ4n) is 1.94. The summed E-state index contributed by atoms with van der Waals surface area (Å²) in [5.41, 5.74) is 0.565. The molecule has 0 rings (SSSR count). The number of hydrogen-bond acceptors (Lipinski definition) is 10. The maximum atomic E-state index is 11.1. The molecule has 0 aromatic rings. The van der Waals surface area contributed by atoms with E-state index >= 15 is 0 Å². The number of esters is 5. The Kier molecular flexibility index (Phi) is 47.0. The molecule has 0 saturated carbocycles. The lowest BCUT2D eigenvalue weighted by atomic mass is 10.2. The van der Waals surface area contributed by atoms with E-state index in [0.717, 1.165) is 38.0 Å². The van der Waals surface area contributed by atoms with Gasteiger partial charge in [0, 0.05) is 30.7 Å². The third kappa shape index (κ3) is 56.2. The Morgan fingerprint density at radius 2 is 1.16 bits per heavy atom. The average Bonchev–Trinajstić information content (AvgIpc) is 3.02. The highest BCUT2D eigenvalue weighted by molar-refractivity contribution is 5.87. The van der Waals surface area contributed by atoms with Crippen LogP contribution in [-0.4, -0.2) is 56.3 Å². The molecule has 258 valence electrons. The number of carbonyl (C=O) groups excluding carboxylic acids is 5. The van der Waals surface area contributed by atoms with E-state index in [1.54, 1.807) is 0 Å². The van der Waals surface area contributed by atoms with Crippen molar-refractivity contribution >= 4 is 29.8 Å². The van der Waals surface area contributed by atoms with Crippen molar-refractivity contribution in [3.63, 3.8) is 0 Å². The van der Waals surface area contributed by atoms with Crippen LogP contribution in [0.1, 0.15) is 86.5 Å². The lowest BCUT2D eigenvalue weighted by Crippen LogP contribution is -2.07. The minimum atomic E-state index is -0.412. The summed E-state index contributed by atoms with van der Waals surface area (Å²) in [5, 5.41) is 0. The standard InChI is InChI=1S/C11H20O2.2C7H12O2.C6H8O2.C4H6O2/c1-4-6-7-8-9-13-11(12)10(3)5-2;1-4-7(8)9-5-6(2)3;1-3-5-6-9-7(8)4-2;1-3-5-8-6(7)4-2;1-3-6-4(2)5/h3-9H2,1-2H3;4,6H,1,5H2,2-3H3;4H,2-3,5-6H2,1H3;3-4H,1-2,5H2;3H,1H2,2H3. The van der Waals surface area contributed by atoms with Crippen molar-refractivity contribution in [1.29, 1.82) is 0 Å². The van der Waals surface area contributed by atoms with Crippen molar-refractivity contribution in [1.82, 2.24) is 0 Å². The summed E-state index contributed by atoms with van der Waals surface area (Å²) in [6.07, 6.45) is 13.2. The Labute approximate surface area is 271 Å². The molecule has 10 nitrogen and oxygen atoms in total. The molecule has 0 amide bonds. The Bertz CT molecular complexity index is 856. The maximum Gasteiger partial charge on any atom is 0.333 e. The highest BCUT2D eigenvalue weighted by atomic mass is 16.5. The third-order valence-electron chi connectivity index (χ3n) is 4.34. The summed E-state index contributed by atoms with van der Waals surface area (Å²) in [6.45, 7) is 33.0. The zero-order valence-corrected chi connectivity index (χ0v) is 28.6. The third-order valence-corrected chi connectivity index (χ3v) is 4.34. The highest BCUT2D eigenvalue weighted by Gasteiger charge is 2.04. The first-order valence-electron chi connectivity index (χ1n) is 14.9. The number of ether oxygens (including phenoxy) is 5. The second kappa shape index (κ2) is 41.9. The number of rotatable bonds is 18. The van der Waals surface area contributed by atoms with Crippen LogP contribution in [0.4, 0.5) is 0 Å². The van der Waals surface area contributed by atoms with Gasteiger partial charge in [-0.1, -0.05) is 106 Å². The topological polar surface area (TPSA) is 132 Å². The summed E-state index contributed by atoms with van der Waals surface area (Å²) < 4.78 is 23.0. The summed E-state index contributed by atoms with van der Waals surface area (Å²) >= 11 is 0. The Morgan fingerprint density at radius 1 is 0.667 bits per heavy atom. The molecule has 0 N–H and O–H groups in total. The normalized spacial score (nSPS) is 8.60. The first-order valence-corrected chi connectivity index (χ1v) is 14.9. The second-order valence-electron chi connectivity index (χ2n) is 9.01. The first kappa shape index (κ1) is 50.4. The zero-order valence-electron chi connectivity index (χ0n) is 28.6. The predicted molar refractivity (Wildman–Crippen MR) is 180 cm³/mol. The quantitative estimate of drug-likeness (QED) is 0.0370. The van der Waals surface area contributed by atoms with E-state index in [4.69, 9.17) is 9.47 Å². The van der Waals surface area contributed by atoms with Crippen LogP contribution < -0.4 is 0 Å². The van der Waals surface area contributed by atoms with Crippen LogP contribution in [0.5, 0.6) is 0 Å². The molecule has 0 aliphatic heterocycles. The van der Waals surface area contributed by atoms with Gasteiger partial charge in [0.05, 0.1) is 26.1 Å². The molecule has 0 bridgehead atoms. The van der Waals surface area contributed by atoms with Crippen molar-refractivity contribution in [2.24, 2.45) is 5.92 Å².